The van der Waals surface area contributed by atoms with Gasteiger partial charge in [-0.25, -0.2) is 0 Å². The highest BCUT2D eigenvalue weighted by molar-refractivity contribution is 8.00. The summed E-state index contributed by atoms with van der Waals surface area (Å²) in [6, 6.07) is 7.60. The number of hydrogen-bond donors (Lipinski definition) is 3. The van der Waals surface area contributed by atoms with Crippen molar-refractivity contribution in [2.45, 2.75) is 18.3 Å². The number of thioether (sulfide) groups is 1. The molecule has 1 aromatic rings. The smallest absolute Gasteiger partial charge is 0.302 e. The van der Waals surface area contributed by atoms with Crippen molar-refractivity contribution in [1.29, 1.82) is 0 Å². The molecule has 2 saturated heterocycles. The van der Waals surface area contributed by atoms with E-state index in [1.54, 1.807) is 30.3 Å². The summed E-state index contributed by atoms with van der Waals surface area (Å²) in [6.07, 6.45) is 0. The summed E-state index contributed by atoms with van der Waals surface area (Å²) in [7, 11) is 0. The van der Waals surface area contributed by atoms with E-state index in [2.05, 4.69) is 16.0 Å². The molecule has 0 radical (unpaired) electrons. The van der Waals surface area contributed by atoms with Gasteiger partial charge in [-0.15, -0.1) is 11.8 Å². The van der Waals surface area contributed by atoms with Crippen LogP contribution in [-0.2, 0) is 19.1 Å². The van der Waals surface area contributed by atoms with Crippen LogP contribution in [0.15, 0.2) is 41.6 Å². The zero-order valence-corrected chi connectivity index (χ0v) is 18.5. The van der Waals surface area contributed by atoms with Gasteiger partial charge in [0.25, 0.3) is 11.8 Å². The first-order valence-electron chi connectivity index (χ1n) is 10.3. The van der Waals surface area contributed by atoms with Gasteiger partial charge in [0, 0.05) is 36.9 Å². The van der Waals surface area contributed by atoms with Gasteiger partial charge in [0.15, 0.2) is 0 Å². The zero-order valence-electron chi connectivity index (χ0n) is 17.7. The highest BCUT2D eigenvalue weighted by atomic mass is 32.2. The number of nitrogens with two attached hydrogens (primary N) is 1. The summed E-state index contributed by atoms with van der Waals surface area (Å²) >= 11 is 1.29. The number of hydrogen-bond acceptors (Lipinski definition) is 8. The number of piperazine rings is 1. The van der Waals surface area contributed by atoms with Crippen molar-refractivity contribution >= 4 is 35.5 Å². The van der Waals surface area contributed by atoms with Gasteiger partial charge < -0.3 is 30.6 Å². The first-order valence-corrected chi connectivity index (χ1v) is 11.3. The number of carbonyl (C=O) groups excluding carboxylic acids is 4. The molecule has 3 heterocycles. The molecular weight excluding hydrogens is 436 g/mol. The molecule has 3 aliphatic heterocycles. The Hall–Kier alpha value is -2.89. The van der Waals surface area contributed by atoms with E-state index in [1.165, 1.54) is 44.9 Å². The molecular formula is C21H26N4O6S. The lowest BCUT2D eigenvalue weighted by atomic mass is 10.0. The van der Waals surface area contributed by atoms with Gasteiger partial charge in [-0.05, 0) is 12.1 Å². The first-order chi connectivity index (χ1) is 15.4. The molecule has 3 aliphatic rings. The van der Waals surface area contributed by atoms with E-state index >= 15 is 0 Å². The average Bonchev–Trinajstić information content (AvgIpc) is 2.82. The molecule has 2 amide bonds. The second-order valence-corrected chi connectivity index (χ2v) is 8.47. The Kier molecular flexibility index (Phi) is 8.26. The number of rotatable bonds is 5. The number of carbonyl (C=O) groups is 4. The van der Waals surface area contributed by atoms with Crippen LogP contribution >= 0.6 is 11.8 Å². The summed E-state index contributed by atoms with van der Waals surface area (Å²) in [5.74, 6) is -2.76. The van der Waals surface area contributed by atoms with E-state index in [0.717, 1.165) is 4.90 Å². The van der Waals surface area contributed by atoms with Crippen molar-refractivity contribution in [2.24, 2.45) is 0 Å². The summed E-state index contributed by atoms with van der Waals surface area (Å²) in [5, 5.41) is 19.2. The minimum absolute atomic E-state index is 0.219. The molecule has 0 unspecified atom stereocenters. The summed E-state index contributed by atoms with van der Waals surface area (Å²) < 4.78 is 4.84. The van der Waals surface area contributed by atoms with Crippen molar-refractivity contribution in [1.82, 2.24) is 15.5 Å². The standard InChI is InChI=1S/C17H16N2O6S.C4H10N2/c1-9(20)25-7-11-8-26-16-12(15(22)19(16)13(11)17(23)24)18-14(21)10-5-3-2-4-6-10;1-2-6-4-3-5-1/h2-6,12,16H,7-8H2,1H3,(H,18,21)(H,23,24);5-6H,1-4H2/t12-,16+;/m0./s1. The average molecular weight is 463 g/mol. The summed E-state index contributed by atoms with van der Waals surface area (Å²) in [5.41, 5.74) is 0.415. The third-order valence-electron chi connectivity index (χ3n) is 5.06. The molecule has 10 nitrogen and oxygen atoms in total. The number of carboxylic acid groups (broad SMARTS) is 1. The van der Waals surface area contributed by atoms with Crippen LogP contribution < -0.4 is 21.1 Å². The lowest BCUT2D eigenvalue weighted by Gasteiger charge is -2.50. The minimum atomic E-state index is -1.52. The van der Waals surface area contributed by atoms with Crippen LogP contribution in [0.3, 0.4) is 0 Å². The van der Waals surface area contributed by atoms with E-state index in [1.807, 2.05) is 0 Å². The minimum Gasteiger partial charge on any atom is -0.543 e. The number of esters is 1. The van der Waals surface area contributed by atoms with Crippen LogP contribution in [0, 0.1) is 0 Å². The fourth-order valence-corrected chi connectivity index (χ4v) is 4.79. The highest BCUT2D eigenvalue weighted by Gasteiger charge is 2.52. The van der Waals surface area contributed by atoms with Crippen molar-refractivity contribution in [3.05, 3.63) is 47.2 Å². The van der Waals surface area contributed by atoms with Crippen molar-refractivity contribution in [2.75, 3.05) is 38.5 Å². The number of quaternary nitrogens is 1. The lowest BCUT2D eigenvalue weighted by Crippen LogP contribution is -2.89. The topological polar surface area (TPSA) is 144 Å². The SMILES string of the molecule is C1C[NH2+]CCN1.CC(=O)OCC1=C(C(=O)[O-])N2C(=O)[C@H](NC(=O)c3ccccc3)[C@H]2SC1. The third kappa shape index (κ3) is 5.67. The molecule has 0 spiro atoms. The van der Waals surface area contributed by atoms with Crippen LogP contribution in [0.25, 0.3) is 0 Å². The summed E-state index contributed by atoms with van der Waals surface area (Å²) in [6.45, 7) is 5.91. The Morgan fingerprint density at radius 1 is 1.25 bits per heavy atom. The number of benzene rings is 1. The van der Waals surface area contributed by atoms with Crippen LogP contribution in [0.5, 0.6) is 0 Å². The van der Waals surface area contributed by atoms with Crippen LogP contribution in [0.1, 0.15) is 17.3 Å². The molecule has 32 heavy (non-hydrogen) atoms. The van der Waals surface area contributed by atoms with E-state index < -0.39 is 35.2 Å². The molecule has 1 aromatic carbocycles. The van der Waals surface area contributed by atoms with Crippen molar-refractivity contribution < 1.29 is 34.3 Å². The number of ether oxygens (including phenoxy) is 1. The number of amides is 2. The van der Waals surface area contributed by atoms with E-state index in [-0.39, 0.29) is 18.1 Å². The molecule has 172 valence electrons. The van der Waals surface area contributed by atoms with E-state index in [0.29, 0.717) is 11.1 Å². The third-order valence-corrected chi connectivity index (χ3v) is 6.40. The second-order valence-electron chi connectivity index (χ2n) is 7.36. The Morgan fingerprint density at radius 3 is 2.47 bits per heavy atom. The monoisotopic (exact) mass is 462 g/mol. The maximum Gasteiger partial charge on any atom is 0.302 e. The Bertz CT molecular complexity index is 891. The van der Waals surface area contributed by atoms with Crippen molar-refractivity contribution in [3.8, 4) is 0 Å². The number of fused-ring (bicyclic) bond motifs is 1. The molecule has 2 atom stereocenters. The van der Waals surface area contributed by atoms with Gasteiger partial charge in [0.2, 0.25) is 0 Å². The first kappa shape index (κ1) is 23.8. The maximum absolute atomic E-state index is 12.4. The normalized spacial score (nSPS) is 22.0. The number of nitrogens with zero attached hydrogens (tertiary/aromatic N) is 1. The molecule has 0 aromatic heterocycles. The largest absolute Gasteiger partial charge is 0.543 e. The number of carboxylic acids is 1. The van der Waals surface area contributed by atoms with Gasteiger partial charge in [-0.3, -0.25) is 19.3 Å². The number of nitrogens with one attached hydrogen (secondary N) is 2. The van der Waals surface area contributed by atoms with Crippen LogP contribution in [-0.4, -0.2) is 78.6 Å². The van der Waals surface area contributed by atoms with Gasteiger partial charge in [0.1, 0.15) is 18.0 Å². The molecule has 11 heteroatoms. The highest BCUT2D eigenvalue weighted by Crippen LogP contribution is 2.40. The molecule has 0 bridgehead atoms. The molecule has 2 fully saturated rings. The van der Waals surface area contributed by atoms with Crippen LogP contribution in [0.2, 0.25) is 0 Å². The lowest BCUT2D eigenvalue weighted by molar-refractivity contribution is -0.657. The Morgan fingerprint density at radius 2 is 1.94 bits per heavy atom. The fraction of sp³-hybridized carbons (Fsp3) is 0.429. The number of β-lactam (4-membered cyclic amide) rings is 1. The van der Waals surface area contributed by atoms with Gasteiger partial charge >= 0.3 is 5.97 Å². The van der Waals surface area contributed by atoms with Crippen molar-refractivity contribution in [3.63, 3.8) is 0 Å². The maximum atomic E-state index is 12.4. The Labute approximate surface area is 189 Å². The quantitative estimate of drug-likeness (QED) is 0.320. The molecule has 4 rings (SSSR count). The molecule has 0 aliphatic carbocycles. The second kappa shape index (κ2) is 11.1. The van der Waals surface area contributed by atoms with E-state index in [4.69, 9.17) is 4.74 Å². The number of aliphatic carboxylic acids is 1. The van der Waals surface area contributed by atoms with Gasteiger partial charge in [-0.2, -0.15) is 0 Å². The molecule has 4 N–H and O–H groups in total. The summed E-state index contributed by atoms with van der Waals surface area (Å²) in [4.78, 5) is 48.2. The van der Waals surface area contributed by atoms with E-state index in [9.17, 15) is 24.3 Å². The molecule has 0 saturated carbocycles. The predicted octanol–water partition coefficient (Wildman–Crippen LogP) is -2.58. The van der Waals surface area contributed by atoms with Gasteiger partial charge in [-0.1, -0.05) is 18.2 Å². The zero-order chi connectivity index (χ0) is 23.1. The van der Waals surface area contributed by atoms with Gasteiger partial charge in [0.05, 0.1) is 24.8 Å². The fourth-order valence-electron chi connectivity index (χ4n) is 3.46. The van der Waals surface area contributed by atoms with Crippen LogP contribution in [0.4, 0.5) is 0 Å². The Balaban J connectivity index is 0.000000416. The predicted molar refractivity (Wildman–Crippen MR) is 114 cm³/mol.